The molecule has 1 fully saturated rings. The maximum atomic E-state index is 12.0. The highest BCUT2D eigenvalue weighted by Gasteiger charge is 2.32. The summed E-state index contributed by atoms with van der Waals surface area (Å²) >= 11 is 0. The van der Waals surface area contributed by atoms with Crippen molar-refractivity contribution < 1.29 is 9.53 Å². The van der Waals surface area contributed by atoms with Gasteiger partial charge < -0.3 is 20.7 Å². The first kappa shape index (κ1) is 13.7. The maximum absolute atomic E-state index is 12.0. The standard InChI is InChI=1S/C14H21N3O2/c1-10(6-7-15)17-9-13(16-14(17)18)11-4-3-5-12(8-11)19-2/h3-5,8,10,13H,6-7,9,15H2,1-2H3,(H,16,18). The molecule has 0 aliphatic carbocycles. The van der Waals surface area contributed by atoms with Gasteiger partial charge in [0.15, 0.2) is 0 Å². The second-order valence-electron chi connectivity index (χ2n) is 4.86. The Bertz CT molecular complexity index is 450. The van der Waals surface area contributed by atoms with Gasteiger partial charge in [-0.15, -0.1) is 0 Å². The minimum absolute atomic E-state index is 0.0165. The van der Waals surface area contributed by atoms with E-state index in [1.807, 2.05) is 36.1 Å². The molecular formula is C14H21N3O2. The Labute approximate surface area is 113 Å². The van der Waals surface area contributed by atoms with Crippen LogP contribution in [0.4, 0.5) is 4.79 Å². The molecule has 1 heterocycles. The summed E-state index contributed by atoms with van der Waals surface area (Å²) in [6.07, 6.45) is 0.818. The molecule has 19 heavy (non-hydrogen) atoms. The highest BCUT2D eigenvalue weighted by atomic mass is 16.5. The number of nitrogens with two attached hydrogens (primary N) is 1. The molecular weight excluding hydrogens is 242 g/mol. The third-order valence-corrected chi connectivity index (χ3v) is 3.55. The van der Waals surface area contributed by atoms with Crippen LogP contribution in [0.2, 0.25) is 0 Å². The van der Waals surface area contributed by atoms with Gasteiger partial charge in [-0.2, -0.15) is 0 Å². The molecule has 0 bridgehead atoms. The molecule has 2 atom stereocenters. The number of ether oxygens (including phenoxy) is 1. The third-order valence-electron chi connectivity index (χ3n) is 3.55. The van der Waals surface area contributed by atoms with Crippen LogP contribution in [-0.2, 0) is 0 Å². The normalized spacial score (nSPS) is 20.3. The fraction of sp³-hybridized carbons (Fsp3) is 0.500. The SMILES string of the molecule is COc1cccc(C2CN(C(C)CCN)C(=O)N2)c1. The van der Waals surface area contributed by atoms with Crippen molar-refractivity contribution in [2.24, 2.45) is 5.73 Å². The van der Waals surface area contributed by atoms with E-state index >= 15 is 0 Å². The van der Waals surface area contributed by atoms with E-state index in [2.05, 4.69) is 5.32 Å². The largest absolute Gasteiger partial charge is 0.497 e. The summed E-state index contributed by atoms with van der Waals surface area (Å²) in [7, 11) is 1.64. The molecule has 1 saturated heterocycles. The number of benzene rings is 1. The Morgan fingerprint density at radius 2 is 2.37 bits per heavy atom. The van der Waals surface area contributed by atoms with Gasteiger partial charge >= 0.3 is 6.03 Å². The second kappa shape index (κ2) is 5.93. The van der Waals surface area contributed by atoms with Crippen molar-refractivity contribution >= 4 is 6.03 Å². The minimum atomic E-state index is -0.0197. The second-order valence-corrected chi connectivity index (χ2v) is 4.86. The molecule has 2 unspecified atom stereocenters. The first-order valence-electron chi connectivity index (χ1n) is 6.57. The molecule has 1 aromatic carbocycles. The average molecular weight is 263 g/mol. The van der Waals surface area contributed by atoms with Gasteiger partial charge in [-0.25, -0.2) is 4.79 Å². The Kier molecular flexibility index (Phi) is 4.27. The monoisotopic (exact) mass is 263 g/mol. The molecule has 104 valence electrons. The lowest BCUT2D eigenvalue weighted by Gasteiger charge is -2.22. The minimum Gasteiger partial charge on any atom is -0.497 e. The molecule has 5 heteroatoms. The summed E-state index contributed by atoms with van der Waals surface area (Å²) in [5, 5.41) is 3.00. The summed E-state index contributed by atoms with van der Waals surface area (Å²) in [6, 6.07) is 7.96. The first-order valence-corrected chi connectivity index (χ1v) is 6.57. The van der Waals surface area contributed by atoms with Crippen LogP contribution in [0.15, 0.2) is 24.3 Å². The lowest BCUT2D eigenvalue weighted by atomic mass is 10.1. The smallest absolute Gasteiger partial charge is 0.318 e. The van der Waals surface area contributed by atoms with Crippen LogP contribution in [-0.4, -0.2) is 37.2 Å². The van der Waals surface area contributed by atoms with Crippen LogP contribution in [0.25, 0.3) is 0 Å². The number of hydrogen-bond acceptors (Lipinski definition) is 3. The van der Waals surface area contributed by atoms with E-state index in [-0.39, 0.29) is 18.1 Å². The number of urea groups is 1. The van der Waals surface area contributed by atoms with Gasteiger partial charge in [-0.1, -0.05) is 12.1 Å². The van der Waals surface area contributed by atoms with E-state index in [0.717, 1.165) is 17.7 Å². The molecule has 0 spiro atoms. The van der Waals surface area contributed by atoms with Crippen molar-refractivity contribution in [3.8, 4) is 5.75 Å². The van der Waals surface area contributed by atoms with Crippen LogP contribution in [0, 0.1) is 0 Å². The van der Waals surface area contributed by atoms with E-state index in [9.17, 15) is 4.79 Å². The number of rotatable bonds is 5. The molecule has 0 radical (unpaired) electrons. The van der Waals surface area contributed by atoms with E-state index in [1.54, 1.807) is 7.11 Å². The molecule has 0 saturated carbocycles. The van der Waals surface area contributed by atoms with Crippen LogP contribution in [0.3, 0.4) is 0 Å². The van der Waals surface area contributed by atoms with Gasteiger partial charge in [0.2, 0.25) is 0 Å². The number of amides is 2. The predicted molar refractivity (Wildman–Crippen MR) is 74.1 cm³/mol. The summed E-state index contributed by atoms with van der Waals surface area (Å²) in [5.74, 6) is 0.806. The lowest BCUT2D eigenvalue weighted by Crippen LogP contribution is -2.37. The lowest BCUT2D eigenvalue weighted by molar-refractivity contribution is 0.199. The van der Waals surface area contributed by atoms with Crippen LogP contribution in [0.5, 0.6) is 5.75 Å². The third kappa shape index (κ3) is 2.98. The van der Waals surface area contributed by atoms with Crippen molar-refractivity contribution in [2.45, 2.75) is 25.4 Å². The van der Waals surface area contributed by atoms with Gasteiger partial charge in [0.1, 0.15) is 5.75 Å². The van der Waals surface area contributed by atoms with Gasteiger partial charge in [-0.3, -0.25) is 0 Å². The van der Waals surface area contributed by atoms with E-state index in [0.29, 0.717) is 13.1 Å². The van der Waals surface area contributed by atoms with E-state index in [1.165, 1.54) is 0 Å². The fourth-order valence-electron chi connectivity index (χ4n) is 2.38. The highest BCUT2D eigenvalue weighted by Crippen LogP contribution is 2.25. The number of nitrogens with one attached hydrogen (secondary N) is 1. The highest BCUT2D eigenvalue weighted by molar-refractivity contribution is 5.77. The maximum Gasteiger partial charge on any atom is 0.318 e. The zero-order valence-corrected chi connectivity index (χ0v) is 11.4. The van der Waals surface area contributed by atoms with Gasteiger partial charge in [-0.05, 0) is 37.6 Å². The summed E-state index contributed by atoms with van der Waals surface area (Å²) in [5.41, 5.74) is 6.62. The van der Waals surface area contributed by atoms with Crippen molar-refractivity contribution in [3.05, 3.63) is 29.8 Å². The van der Waals surface area contributed by atoms with Crippen LogP contribution in [0.1, 0.15) is 24.9 Å². The summed E-state index contributed by atoms with van der Waals surface area (Å²) in [6.45, 7) is 3.29. The van der Waals surface area contributed by atoms with Crippen LogP contribution < -0.4 is 15.8 Å². The predicted octanol–water partition coefficient (Wildman–Crippen LogP) is 1.50. The number of methoxy groups -OCH3 is 1. The van der Waals surface area contributed by atoms with Gasteiger partial charge in [0.25, 0.3) is 0 Å². The van der Waals surface area contributed by atoms with Crippen molar-refractivity contribution in [1.29, 1.82) is 0 Å². The number of carbonyl (C=O) groups is 1. The Morgan fingerprint density at radius 3 is 3.05 bits per heavy atom. The number of nitrogens with zero attached hydrogens (tertiary/aromatic N) is 1. The van der Waals surface area contributed by atoms with Crippen molar-refractivity contribution in [1.82, 2.24) is 10.2 Å². The zero-order chi connectivity index (χ0) is 13.8. The van der Waals surface area contributed by atoms with Crippen molar-refractivity contribution in [2.75, 3.05) is 20.2 Å². The topological polar surface area (TPSA) is 67.6 Å². The van der Waals surface area contributed by atoms with Crippen molar-refractivity contribution in [3.63, 3.8) is 0 Å². The first-order chi connectivity index (χ1) is 9.15. The quantitative estimate of drug-likeness (QED) is 0.846. The molecule has 1 aromatic rings. The fourth-order valence-corrected chi connectivity index (χ4v) is 2.38. The average Bonchev–Trinajstić information content (AvgIpc) is 2.81. The molecule has 2 amide bonds. The molecule has 1 aliphatic heterocycles. The Hall–Kier alpha value is -1.75. The summed E-state index contributed by atoms with van der Waals surface area (Å²) in [4.78, 5) is 13.8. The van der Waals surface area contributed by atoms with E-state index < -0.39 is 0 Å². The Balaban J connectivity index is 2.09. The number of hydrogen-bond donors (Lipinski definition) is 2. The van der Waals surface area contributed by atoms with E-state index in [4.69, 9.17) is 10.5 Å². The van der Waals surface area contributed by atoms with Gasteiger partial charge in [0, 0.05) is 12.6 Å². The molecule has 0 aromatic heterocycles. The molecule has 3 N–H and O–H groups in total. The molecule has 5 nitrogen and oxygen atoms in total. The molecule has 1 aliphatic rings. The summed E-state index contributed by atoms with van der Waals surface area (Å²) < 4.78 is 5.21. The number of carbonyl (C=O) groups excluding carboxylic acids is 1. The molecule has 2 rings (SSSR count). The van der Waals surface area contributed by atoms with Gasteiger partial charge in [0.05, 0.1) is 13.2 Å². The van der Waals surface area contributed by atoms with Crippen LogP contribution >= 0.6 is 0 Å². The Morgan fingerprint density at radius 1 is 1.58 bits per heavy atom. The zero-order valence-electron chi connectivity index (χ0n) is 11.4.